The predicted molar refractivity (Wildman–Crippen MR) is 76.7 cm³/mol. The van der Waals surface area contributed by atoms with E-state index in [-0.39, 0.29) is 11.6 Å². The fourth-order valence-corrected chi connectivity index (χ4v) is 1.79. The summed E-state index contributed by atoms with van der Waals surface area (Å²) in [6, 6.07) is 12.5. The number of amides is 1. The van der Waals surface area contributed by atoms with E-state index in [2.05, 4.69) is 0 Å². The van der Waals surface area contributed by atoms with E-state index in [0.29, 0.717) is 16.9 Å². The SMILES string of the molecule is CN(C(=O)c1ccccc1N)c1ccc([N+](=O)[O-])cc1. The quantitative estimate of drug-likeness (QED) is 0.527. The van der Waals surface area contributed by atoms with E-state index in [4.69, 9.17) is 5.73 Å². The average molecular weight is 271 g/mol. The van der Waals surface area contributed by atoms with Crippen LogP contribution < -0.4 is 10.6 Å². The van der Waals surface area contributed by atoms with Gasteiger partial charge < -0.3 is 10.6 Å². The van der Waals surface area contributed by atoms with Crippen LogP contribution in [-0.2, 0) is 0 Å². The first kappa shape index (κ1) is 13.5. The Kier molecular flexibility index (Phi) is 3.65. The van der Waals surface area contributed by atoms with Crippen molar-refractivity contribution in [3.63, 3.8) is 0 Å². The number of nitro groups is 1. The number of anilines is 2. The van der Waals surface area contributed by atoms with Gasteiger partial charge in [-0.1, -0.05) is 12.1 Å². The van der Waals surface area contributed by atoms with Gasteiger partial charge in [-0.05, 0) is 24.3 Å². The third-order valence-corrected chi connectivity index (χ3v) is 2.94. The first-order chi connectivity index (χ1) is 9.50. The van der Waals surface area contributed by atoms with E-state index < -0.39 is 4.92 Å². The average Bonchev–Trinajstić information content (AvgIpc) is 2.46. The van der Waals surface area contributed by atoms with Crippen LogP contribution >= 0.6 is 0 Å². The molecule has 0 aliphatic carbocycles. The number of nitrogens with zero attached hydrogens (tertiary/aromatic N) is 2. The second kappa shape index (κ2) is 5.40. The summed E-state index contributed by atoms with van der Waals surface area (Å²) in [4.78, 5) is 23.8. The lowest BCUT2D eigenvalue weighted by Gasteiger charge is -2.18. The molecule has 102 valence electrons. The molecule has 0 saturated heterocycles. The highest BCUT2D eigenvalue weighted by Crippen LogP contribution is 2.21. The highest BCUT2D eigenvalue weighted by Gasteiger charge is 2.16. The minimum atomic E-state index is -0.485. The van der Waals surface area contributed by atoms with Crippen molar-refractivity contribution in [2.24, 2.45) is 0 Å². The summed E-state index contributed by atoms with van der Waals surface area (Å²) in [5.74, 6) is -0.267. The molecule has 6 nitrogen and oxygen atoms in total. The number of benzene rings is 2. The molecule has 0 aliphatic rings. The van der Waals surface area contributed by atoms with Crippen LogP contribution in [0, 0.1) is 10.1 Å². The van der Waals surface area contributed by atoms with E-state index in [1.165, 1.54) is 29.2 Å². The zero-order chi connectivity index (χ0) is 14.7. The Morgan fingerprint density at radius 2 is 1.75 bits per heavy atom. The summed E-state index contributed by atoms with van der Waals surface area (Å²) in [6.07, 6.45) is 0. The number of rotatable bonds is 3. The van der Waals surface area contributed by atoms with Gasteiger partial charge in [0.25, 0.3) is 11.6 Å². The van der Waals surface area contributed by atoms with Crippen molar-refractivity contribution in [3.8, 4) is 0 Å². The fourth-order valence-electron chi connectivity index (χ4n) is 1.79. The maximum absolute atomic E-state index is 12.3. The summed E-state index contributed by atoms with van der Waals surface area (Å²) >= 11 is 0. The summed E-state index contributed by atoms with van der Waals surface area (Å²) in [5.41, 5.74) is 7.10. The topological polar surface area (TPSA) is 89.5 Å². The van der Waals surface area contributed by atoms with Gasteiger partial charge >= 0.3 is 0 Å². The molecule has 0 atom stereocenters. The van der Waals surface area contributed by atoms with Gasteiger partial charge in [-0.2, -0.15) is 0 Å². The number of hydrogen-bond donors (Lipinski definition) is 1. The third-order valence-electron chi connectivity index (χ3n) is 2.94. The summed E-state index contributed by atoms with van der Waals surface area (Å²) < 4.78 is 0. The third kappa shape index (κ3) is 2.59. The standard InChI is InChI=1S/C14H13N3O3/c1-16(10-6-8-11(9-7-10)17(19)20)14(18)12-4-2-3-5-13(12)15/h2-9H,15H2,1H3. The highest BCUT2D eigenvalue weighted by atomic mass is 16.6. The van der Waals surface area contributed by atoms with Crippen molar-refractivity contribution in [3.05, 3.63) is 64.2 Å². The molecule has 0 aliphatic heterocycles. The maximum atomic E-state index is 12.3. The molecule has 2 aromatic carbocycles. The van der Waals surface area contributed by atoms with Crippen LogP contribution in [0.25, 0.3) is 0 Å². The molecular formula is C14H13N3O3. The summed E-state index contributed by atoms with van der Waals surface area (Å²) in [7, 11) is 1.59. The molecule has 2 N–H and O–H groups in total. The minimum absolute atomic E-state index is 0.0196. The number of nitrogen functional groups attached to an aromatic ring is 1. The maximum Gasteiger partial charge on any atom is 0.269 e. The normalized spacial score (nSPS) is 10.1. The molecule has 0 heterocycles. The Labute approximate surface area is 115 Å². The van der Waals surface area contributed by atoms with Crippen LogP contribution in [0.1, 0.15) is 10.4 Å². The van der Waals surface area contributed by atoms with Gasteiger partial charge in [0.2, 0.25) is 0 Å². The lowest BCUT2D eigenvalue weighted by Crippen LogP contribution is -2.26. The van der Waals surface area contributed by atoms with Gasteiger partial charge in [0.05, 0.1) is 10.5 Å². The first-order valence-corrected chi connectivity index (χ1v) is 5.87. The number of para-hydroxylation sites is 1. The van der Waals surface area contributed by atoms with Crippen molar-refractivity contribution in [2.45, 2.75) is 0 Å². The molecule has 2 rings (SSSR count). The van der Waals surface area contributed by atoms with Gasteiger partial charge in [0, 0.05) is 30.6 Å². The largest absolute Gasteiger partial charge is 0.398 e. The number of non-ortho nitro benzene ring substituents is 1. The Morgan fingerprint density at radius 3 is 2.30 bits per heavy atom. The Balaban J connectivity index is 2.27. The second-order valence-corrected chi connectivity index (χ2v) is 4.22. The van der Waals surface area contributed by atoms with Crippen molar-refractivity contribution in [2.75, 3.05) is 17.7 Å². The molecule has 0 radical (unpaired) electrons. The van der Waals surface area contributed by atoms with E-state index in [1.807, 2.05) is 0 Å². The van der Waals surface area contributed by atoms with E-state index >= 15 is 0 Å². The van der Waals surface area contributed by atoms with Gasteiger partial charge in [0.15, 0.2) is 0 Å². The predicted octanol–water partition coefficient (Wildman–Crippen LogP) is 2.45. The summed E-state index contributed by atoms with van der Waals surface area (Å²) in [5, 5.41) is 10.6. The number of carbonyl (C=O) groups is 1. The van der Waals surface area contributed by atoms with Crippen molar-refractivity contribution in [1.82, 2.24) is 0 Å². The van der Waals surface area contributed by atoms with Gasteiger partial charge in [-0.15, -0.1) is 0 Å². The molecule has 0 fully saturated rings. The highest BCUT2D eigenvalue weighted by molar-refractivity contribution is 6.08. The van der Waals surface area contributed by atoms with Crippen LogP contribution in [0.2, 0.25) is 0 Å². The molecule has 0 saturated carbocycles. The number of nitrogens with two attached hydrogens (primary N) is 1. The van der Waals surface area contributed by atoms with Gasteiger partial charge in [-0.3, -0.25) is 14.9 Å². The van der Waals surface area contributed by atoms with E-state index in [0.717, 1.165) is 0 Å². The van der Waals surface area contributed by atoms with Gasteiger partial charge in [-0.25, -0.2) is 0 Å². The molecule has 0 aromatic heterocycles. The monoisotopic (exact) mass is 271 g/mol. The van der Waals surface area contributed by atoms with Gasteiger partial charge in [0.1, 0.15) is 0 Å². The van der Waals surface area contributed by atoms with Crippen LogP contribution in [0.5, 0.6) is 0 Å². The Bertz CT molecular complexity index is 653. The zero-order valence-corrected chi connectivity index (χ0v) is 10.8. The molecule has 2 aromatic rings. The molecule has 20 heavy (non-hydrogen) atoms. The molecule has 0 unspecified atom stereocenters. The number of hydrogen-bond acceptors (Lipinski definition) is 4. The Hall–Kier alpha value is -2.89. The molecule has 6 heteroatoms. The molecular weight excluding hydrogens is 258 g/mol. The summed E-state index contributed by atoms with van der Waals surface area (Å²) in [6.45, 7) is 0. The first-order valence-electron chi connectivity index (χ1n) is 5.87. The molecule has 0 bridgehead atoms. The second-order valence-electron chi connectivity index (χ2n) is 4.22. The van der Waals surface area contributed by atoms with Crippen LogP contribution in [-0.4, -0.2) is 17.9 Å². The van der Waals surface area contributed by atoms with Crippen LogP contribution in [0.15, 0.2) is 48.5 Å². The smallest absolute Gasteiger partial charge is 0.269 e. The van der Waals surface area contributed by atoms with Crippen LogP contribution in [0.4, 0.5) is 17.1 Å². The van der Waals surface area contributed by atoms with Crippen molar-refractivity contribution in [1.29, 1.82) is 0 Å². The Morgan fingerprint density at radius 1 is 1.15 bits per heavy atom. The van der Waals surface area contributed by atoms with E-state index in [1.54, 1.807) is 31.3 Å². The van der Waals surface area contributed by atoms with Crippen LogP contribution in [0.3, 0.4) is 0 Å². The molecule has 0 spiro atoms. The fraction of sp³-hybridized carbons (Fsp3) is 0.0714. The molecule has 1 amide bonds. The lowest BCUT2D eigenvalue weighted by molar-refractivity contribution is -0.384. The minimum Gasteiger partial charge on any atom is -0.398 e. The van der Waals surface area contributed by atoms with Crippen molar-refractivity contribution >= 4 is 23.0 Å². The zero-order valence-electron chi connectivity index (χ0n) is 10.8. The number of carbonyl (C=O) groups excluding carboxylic acids is 1. The van der Waals surface area contributed by atoms with E-state index in [9.17, 15) is 14.9 Å². The lowest BCUT2D eigenvalue weighted by atomic mass is 10.1. The number of nitro benzene ring substituents is 1. The van der Waals surface area contributed by atoms with Crippen molar-refractivity contribution < 1.29 is 9.72 Å².